The first-order valence-corrected chi connectivity index (χ1v) is 8.29. The minimum atomic E-state index is -2.88. The first-order chi connectivity index (χ1) is 7.97. The van der Waals surface area contributed by atoms with E-state index in [0.29, 0.717) is 6.54 Å². The van der Waals surface area contributed by atoms with Crippen LogP contribution in [0.2, 0.25) is 0 Å². The summed E-state index contributed by atoms with van der Waals surface area (Å²) in [6.07, 6.45) is 1.22. The molecule has 0 bridgehead atoms. The molecule has 0 aliphatic carbocycles. The number of thioether (sulfide) groups is 1. The van der Waals surface area contributed by atoms with Crippen LogP contribution in [0, 0.1) is 5.82 Å². The molecule has 3 nitrogen and oxygen atoms in total. The van der Waals surface area contributed by atoms with Crippen LogP contribution in [0.4, 0.5) is 4.39 Å². The van der Waals surface area contributed by atoms with E-state index in [2.05, 4.69) is 5.32 Å². The van der Waals surface area contributed by atoms with Gasteiger partial charge < -0.3 is 5.32 Å². The molecule has 0 saturated carbocycles. The largest absolute Gasteiger partial charge is 0.315 e. The van der Waals surface area contributed by atoms with Crippen LogP contribution in [0.3, 0.4) is 0 Å². The summed E-state index contributed by atoms with van der Waals surface area (Å²) in [5.41, 5.74) is 0. The number of benzene rings is 1. The minimum absolute atomic E-state index is 0.161. The van der Waals surface area contributed by atoms with Crippen molar-refractivity contribution < 1.29 is 12.8 Å². The van der Waals surface area contributed by atoms with Gasteiger partial charge in [0.1, 0.15) is 15.7 Å². The fourth-order valence-corrected chi connectivity index (χ4v) is 2.48. The Bertz CT molecular complexity index is 431. The summed E-state index contributed by atoms with van der Waals surface area (Å²) in [7, 11) is -2.88. The van der Waals surface area contributed by atoms with E-state index in [0.717, 1.165) is 17.2 Å². The van der Waals surface area contributed by atoms with E-state index in [4.69, 9.17) is 0 Å². The Morgan fingerprint density at radius 1 is 1.24 bits per heavy atom. The van der Waals surface area contributed by atoms with Gasteiger partial charge in [-0.2, -0.15) is 0 Å². The molecule has 1 rings (SSSR count). The molecule has 0 unspecified atom stereocenters. The third kappa shape index (κ3) is 7.36. The molecule has 0 fully saturated rings. The van der Waals surface area contributed by atoms with Gasteiger partial charge in [0.15, 0.2) is 0 Å². The van der Waals surface area contributed by atoms with Crippen molar-refractivity contribution in [3.05, 3.63) is 30.1 Å². The van der Waals surface area contributed by atoms with Gasteiger partial charge in [-0.15, -0.1) is 11.8 Å². The van der Waals surface area contributed by atoms with Gasteiger partial charge in [-0.1, -0.05) is 0 Å². The maximum absolute atomic E-state index is 12.6. The van der Waals surface area contributed by atoms with Crippen LogP contribution in [0.25, 0.3) is 0 Å². The summed E-state index contributed by atoms with van der Waals surface area (Å²) in [6.45, 7) is 1.21. The van der Waals surface area contributed by atoms with Gasteiger partial charge in [-0.25, -0.2) is 12.8 Å². The zero-order valence-corrected chi connectivity index (χ0v) is 11.3. The summed E-state index contributed by atoms with van der Waals surface area (Å²) < 4.78 is 34.3. The van der Waals surface area contributed by atoms with Crippen LogP contribution < -0.4 is 5.32 Å². The van der Waals surface area contributed by atoms with E-state index in [1.165, 1.54) is 18.4 Å². The van der Waals surface area contributed by atoms with Gasteiger partial charge in [0, 0.05) is 30.0 Å². The first-order valence-electron chi connectivity index (χ1n) is 5.24. The Balaban J connectivity index is 2.10. The molecule has 0 saturated heterocycles. The van der Waals surface area contributed by atoms with Crippen molar-refractivity contribution in [2.75, 3.05) is 30.9 Å². The zero-order valence-electron chi connectivity index (χ0n) is 9.65. The van der Waals surface area contributed by atoms with E-state index >= 15 is 0 Å². The number of halogens is 1. The highest BCUT2D eigenvalue weighted by atomic mass is 32.2. The molecule has 0 atom stereocenters. The quantitative estimate of drug-likeness (QED) is 0.607. The standard InChI is InChI=1S/C11H16FNO2S2/c1-17(14,15)9-7-13-6-8-16-11-4-2-10(12)3-5-11/h2-5,13H,6-9H2,1H3. The molecule has 0 aliphatic rings. The smallest absolute Gasteiger partial charge is 0.148 e. The Labute approximate surface area is 106 Å². The predicted octanol–water partition coefficient (Wildman–Crippen LogP) is 1.55. The van der Waals surface area contributed by atoms with Crippen molar-refractivity contribution in [3.63, 3.8) is 0 Å². The summed E-state index contributed by atoms with van der Waals surface area (Å²) >= 11 is 1.61. The van der Waals surface area contributed by atoms with E-state index < -0.39 is 9.84 Å². The molecule has 0 radical (unpaired) electrons. The molecule has 0 aromatic heterocycles. The maximum atomic E-state index is 12.6. The molecule has 6 heteroatoms. The van der Waals surface area contributed by atoms with E-state index in [1.807, 2.05) is 0 Å². The Hall–Kier alpha value is -0.590. The summed E-state index contributed by atoms with van der Waals surface area (Å²) in [6, 6.07) is 6.33. The molecular weight excluding hydrogens is 261 g/mol. The second-order valence-electron chi connectivity index (χ2n) is 3.68. The number of hydrogen-bond acceptors (Lipinski definition) is 4. The first kappa shape index (κ1) is 14.5. The molecule has 96 valence electrons. The molecule has 0 heterocycles. The fraction of sp³-hybridized carbons (Fsp3) is 0.455. The highest BCUT2D eigenvalue weighted by molar-refractivity contribution is 7.99. The molecule has 0 spiro atoms. The minimum Gasteiger partial charge on any atom is -0.315 e. The number of hydrogen-bond donors (Lipinski definition) is 1. The van der Waals surface area contributed by atoms with Gasteiger partial charge in [0.25, 0.3) is 0 Å². The van der Waals surface area contributed by atoms with Crippen LogP contribution in [0.1, 0.15) is 0 Å². The number of rotatable bonds is 7. The van der Waals surface area contributed by atoms with E-state index in [-0.39, 0.29) is 11.6 Å². The van der Waals surface area contributed by atoms with Gasteiger partial charge >= 0.3 is 0 Å². The van der Waals surface area contributed by atoms with Gasteiger partial charge in [-0.05, 0) is 24.3 Å². The molecule has 17 heavy (non-hydrogen) atoms. The number of sulfone groups is 1. The van der Waals surface area contributed by atoms with Crippen molar-refractivity contribution in [3.8, 4) is 0 Å². The van der Waals surface area contributed by atoms with Gasteiger partial charge in [0.2, 0.25) is 0 Å². The SMILES string of the molecule is CS(=O)(=O)CCNCCSc1ccc(F)cc1. The average Bonchev–Trinajstić information content (AvgIpc) is 2.24. The van der Waals surface area contributed by atoms with Crippen molar-refractivity contribution in [2.24, 2.45) is 0 Å². The second kappa shape index (κ2) is 6.98. The third-order valence-electron chi connectivity index (χ3n) is 2.01. The highest BCUT2D eigenvalue weighted by Gasteiger charge is 2.00. The predicted molar refractivity (Wildman–Crippen MR) is 69.7 cm³/mol. The fourth-order valence-electron chi connectivity index (χ4n) is 1.15. The Morgan fingerprint density at radius 2 is 1.88 bits per heavy atom. The van der Waals surface area contributed by atoms with Crippen molar-refractivity contribution in [1.29, 1.82) is 0 Å². The molecule has 1 aromatic rings. The molecule has 1 aromatic carbocycles. The van der Waals surface area contributed by atoms with E-state index in [1.54, 1.807) is 23.9 Å². The lowest BCUT2D eigenvalue weighted by atomic mass is 10.4. The van der Waals surface area contributed by atoms with Crippen molar-refractivity contribution >= 4 is 21.6 Å². The Morgan fingerprint density at radius 3 is 2.47 bits per heavy atom. The average molecular weight is 277 g/mol. The molecule has 0 aliphatic heterocycles. The van der Waals surface area contributed by atoms with Crippen molar-refractivity contribution in [1.82, 2.24) is 5.32 Å². The summed E-state index contributed by atoms with van der Waals surface area (Å²) in [4.78, 5) is 1.01. The second-order valence-corrected chi connectivity index (χ2v) is 7.11. The Kier molecular flexibility index (Phi) is 5.94. The van der Waals surface area contributed by atoms with Crippen LogP contribution in [-0.2, 0) is 9.84 Å². The van der Waals surface area contributed by atoms with Gasteiger partial charge in [0.05, 0.1) is 5.75 Å². The lowest BCUT2D eigenvalue weighted by molar-refractivity contribution is 0.598. The van der Waals surface area contributed by atoms with Gasteiger partial charge in [-0.3, -0.25) is 0 Å². The third-order valence-corrected chi connectivity index (χ3v) is 3.97. The maximum Gasteiger partial charge on any atom is 0.148 e. The zero-order chi connectivity index (χ0) is 12.7. The molecule has 1 N–H and O–H groups in total. The van der Waals surface area contributed by atoms with Crippen LogP contribution in [0.5, 0.6) is 0 Å². The summed E-state index contributed by atoms with van der Waals surface area (Å²) in [5, 5.41) is 3.05. The highest BCUT2D eigenvalue weighted by Crippen LogP contribution is 2.16. The normalized spacial score (nSPS) is 11.6. The lowest BCUT2D eigenvalue weighted by Crippen LogP contribution is -2.24. The molecule has 0 amide bonds. The monoisotopic (exact) mass is 277 g/mol. The lowest BCUT2D eigenvalue weighted by Gasteiger charge is -2.04. The van der Waals surface area contributed by atoms with Crippen LogP contribution >= 0.6 is 11.8 Å². The van der Waals surface area contributed by atoms with Crippen LogP contribution in [0.15, 0.2) is 29.2 Å². The molecular formula is C11H16FNO2S2. The number of nitrogens with one attached hydrogen (secondary N) is 1. The summed E-state index contributed by atoms with van der Waals surface area (Å²) in [5.74, 6) is 0.754. The van der Waals surface area contributed by atoms with Crippen molar-refractivity contribution in [2.45, 2.75) is 4.90 Å². The topological polar surface area (TPSA) is 46.2 Å². The van der Waals surface area contributed by atoms with Crippen LogP contribution in [-0.4, -0.2) is 39.3 Å². The van der Waals surface area contributed by atoms with E-state index in [9.17, 15) is 12.8 Å².